The van der Waals surface area contributed by atoms with Crippen LogP contribution in [-0.4, -0.2) is 0 Å². The van der Waals surface area contributed by atoms with E-state index < -0.39 is 0 Å². The van der Waals surface area contributed by atoms with Crippen molar-refractivity contribution in [2.45, 2.75) is 0 Å². The smallest absolute Gasteiger partial charge is 0.0992 e. The van der Waals surface area contributed by atoms with Gasteiger partial charge in [-0.25, -0.2) is 0 Å². The van der Waals surface area contributed by atoms with Gasteiger partial charge in [-0.3, -0.25) is 0 Å². The van der Waals surface area contributed by atoms with E-state index in [1.165, 1.54) is 66.1 Å². The molecule has 0 unspecified atom stereocenters. The Morgan fingerprint density at radius 2 is 0.976 bits per heavy atom. The summed E-state index contributed by atoms with van der Waals surface area (Å²) in [7, 11) is 0. The average molecular weight is 585 g/mol. The molecule has 7 aromatic rings. The van der Waals surface area contributed by atoms with Gasteiger partial charge in [0.05, 0.1) is 11.6 Å². The number of fused-ring (bicyclic) bond motifs is 4. The Hall–Kier alpha value is -4.97. The molecule has 0 radical (unpaired) electrons. The molecule has 0 bridgehead atoms. The third-order valence-electron chi connectivity index (χ3n) is 8.26. The molecular weight excluding hydrogens is 562 g/mol. The van der Waals surface area contributed by atoms with Gasteiger partial charge in [-0.15, -0.1) is 0 Å². The zero-order chi connectivity index (χ0) is 27.5. The SMILES string of the molecule is N#Cc1cc(Br)cc(-c2ccc3c4c(cccc24)-c2c-3c(-c3ccccc3)c3ccccc3c2-c2ccccc2)c1. The van der Waals surface area contributed by atoms with Crippen LogP contribution in [0.3, 0.4) is 0 Å². The van der Waals surface area contributed by atoms with Gasteiger partial charge in [0.15, 0.2) is 0 Å². The molecule has 0 saturated carbocycles. The van der Waals surface area contributed by atoms with Gasteiger partial charge < -0.3 is 0 Å². The van der Waals surface area contributed by atoms with E-state index in [9.17, 15) is 5.26 Å². The van der Waals surface area contributed by atoms with Crippen LogP contribution >= 0.6 is 15.9 Å². The van der Waals surface area contributed by atoms with Gasteiger partial charge in [-0.2, -0.15) is 5.26 Å². The van der Waals surface area contributed by atoms with E-state index in [1.54, 1.807) is 0 Å². The number of nitriles is 1. The molecule has 2 heteroatoms. The van der Waals surface area contributed by atoms with Crippen molar-refractivity contribution in [1.29, 1.82) is 5.26 Å². The van der Waals surface area contributed by atoms with Crippen LogP contribution in [0.25, 0.3) is 77.2 Å². The molecule has 0 N–H and O–H groups in total. The van der Waals surface area contributed by atoms with Crippen LogP contribution in [-0.2, 0) is 0 Å². The van der Waals surface area contributed by atoms with Crippen LogP contribution < -0.4 is 0 Å². The van der Waals surface area contributed by atoms with Crippen molar-refractivity contribution >= 4 is 37.5 Å². The van der Waals surface area contributed by atoms with Crippen molar-refractivity contribution < 1.29 is 0 Å². The minimum absolute atomic E-state index is 0.643. The highest BCUT2D eigenvalue weighted by Gasteiger charge is 2.31. The number of rotatable bonds is 3. The minimum Gasteiger partial charge on any atom is -0.192 e. The number of hydrogen-bond donors (Lipinski definition) is 0. The Morgan fingerprint density at radius 3 is 1.59 bits per heavy atom. The first kappa shape index (κ1) is 23.9. The van der Waals surface area contributed by atoms with Gasteiger partial charge in [0.25, 0.3) is 0 Å². The molecule has 8 rings (SSSR count). The van der Waals surface area contributed by atoms with Crippen molar-refractivity contribution in [3.8, 4) is 61.7 Å². The maximum Gasteiger partial charge on any atom is 0.0992 e. The Kier molecular flexibility index (Phi) is 5.42. The predicted molar refractivity (Wildman–Crippen MR) is 175 cm³/mol. The Morgan fingerprint density at radius 1 is 0.439 bits per heavy atom. The van der Waals surface area contributed by atoms with Gasteiger partial charge in [0, 0.05) is 4.47 Å². The molecule has 0 amide bonds. The van der Waals surface area contributed by atoms with Gasteiger partial charge >= 0.3 is 0 Å². The lowest BCUT2D eigenvalue weighted by atomic mass is 9.82. The molecule has 1 aliphatic rings. The minimum atomic E-state index is 0.643. The number of hydrogen-bond acceptors (Lipinski definition) is 1. The van der Waals surface area contributed by atoms with Crippen molar-refractivity contribution in [3.05, 3.63) is 143 Å². The molecule has 41 heavy (non-hydrogen) atoms. The standard InChI is InChI=1S/C39H22BrN/c40-28-21-24(23-41)20-27(22-28)29-18-19-34-37-30(29)16-9-17-33(37)38-35(25-10-3-1-4-11-25)31-14-7-8-15-32(31)36(39(34)38)26-12-5-2-6-13-26/h1-22H. The molecule has 0 atom stereocenters. The maximum atomic E-state index is 9.66. The predicted octanol–water partition coefficient (Wildman–Crippen LogP) is 11.3. The van der Waals surface area contributed by atoms with Crippen molar-refractivity contribution in [2.24, 2.45) is 0 Å². The zero-order valence-electron chi connectivity index (χ0n) is 22.0. The van der Waals surface area contributed by atoms with Crippen LogP contribution in [0.4, 0.5) is 0 Å². The molecule has 0 spiro atoms. The second kappa shape index (κ2) is 9.30. The van der Waals surface area contributed by atoms with E-state index in [0.29, 0.717) is 5.56 Å². The van der Waals surface area contributed by atoms with E-state index >= 15 is 0 Å². The second-order valence-electron chi connectivity index (χ2n) is 10.5. The first-order valence-electron chi connectivity index (χ1n) is 13.7. The van der Waals surface area contributed by atoms with Crippen LogP contribution in [0.5, 0.6) is 0 Å². The van der Waals surface area contributed by atoms with Crippen LogP contribution in [0.2, 0.25) is 0 Å². The molecule has 0 saturated heterocycles. The highest BCUT2D eigenvalue weighted by Crippen LogP contribution is 2.58. The molecule has 0 aliphatic heterocycles. The largest absolute Gasteiger partial charge is 0.192 e. The molecule has 0 fully saturated rings. The van der Waals surface area contributed by atoms with Crippen LogP contribution in [0, 0.1) is 11.3 Å². The zero-order valence-corrected chi connectivity index (χ0v) is 23.6. The summed E-state index contributed by atoms with van der Waals surface area (Å²) in [6.45, 7) is 0. The number of benzene rings is 7. The Balaban J connectivity index is 1.56. The molecule has 7 aromatic carbocycles. The van der Waals surface area contributed by atoms with E-state index in [1.807, 2.05) is 12.1 Å². The average Bonchev–Trinajstić information content (AvgIpc) is 3.35. The Labute approximate surface area is 247 Å². The lowest BCUT2D eigenvalue weighted by Crippen LogP contribution is -1.93. The first-order valence-corrected chi connectivity index (χ1v) is 14.5. The van der Waals surface area contributed by atoms with E-state index in [2.05, 4.69) is 143 Å². The van der Waals surface area contributed by atoms with E-state index in [-0.39, 0.29) is 0 Å². The summed E-state index contributed by atoms with van der Waals surface area (Å²) in [5, 5.41) is 14.6. The maximum absolute atomic E-state index is 9.66. The van der Waals surface area contributed by atoms with E-state index in [4.69, 9.17) is 0 Å². The fraction of sp³-hybridized carbons (Fsp3) is 0. The monoisotopic (exact) mass is 583 g/mol. The fourth-order valence-electron chi connectivity index (χ4n) is 6.67. The highest BCUT2D eigenvalue weighted by molar-refractivity contribution is 9.10. The summed E-state index contributed by atoms with van der Waals surface area (Å²) in [6, 6.07) is 49.9. The molecule has 0 heterocycles. The molecule has 1 nitrogen and oxygen atoms in total. The summed E-state index contributed by atoms with van der Waals surface area (Å²) < 4.78 is 0.905. The van der Waals surface area contributed by atoms with Gasteiger partial charge in [0.1, 0.15) is 0 Å². The lowest BCUT2D eigenvalue weighted by molar-refractivity contribution is 1.47. The van der Waals surface area contributed by atoms with Gasteiger partial charge in [0.2, 0.25) is 0 Å². The third kappa shape index (κ3) is 3.60. The van der Waals surface area contributed by atoms with Crippen molar-refractivity contribution in [1.82, 2.24) is 0 Å². The number of halogens is 1. The normalized spacial score (nSPS) is 11.5. The lowest BCUT2D eigenvalue weighted by Gasteiger charge is -2.20. The second-order valence-corrected chi connectivity index (χ2v) is 11.4. The summed E-state index contributed by atoms with van der Waals surface area (Å²) in [4.78, 5) is 0. The fourth-order valence-corrected chi connectivity index (χ4v) is 7.16. The van der Waals surface area contributed by atoms with Gasteiger partial charge in [-0.05, 0) is 95.4 Å². The van der Waals surface area contributed by atoms with E-state index in [0.717, 1.165) is 15.6 Å². The van der Waals surface area contributed by atoms with Crippen LogP contribution in [0.1, 0.15) is 5.56 Å². The molecular formula is C39H22BrN. The molecule has 1 aliphatic carbocycles. The van der Waals surface area contributed by atoms with Gasteiger partial charge in [-0.1, -0.05) is 131 Å². The summed E-state index contributed by atoms with van der Waals surface area (Å²) in [6.07, 6.45) is 0. The summed E-state index contributed by atoms with van der Waals surface area (Å²) >= 11 is 3.62. The quantitative estimate of drug-likeness (QED) is 0.203. The topological polar surface area (TPSA) is 23.8 Å². The Bertz CT molecular complexity index is 2110. The molecule has 190 valence electrons. The summed E-state index contributed by atoms with van der Waals surface area (Å²) in [5.74, 6) is 0. The van der Waals surface area contributed by atoms with Crippen molar-refractivity contribution in [2.75, 3.05) is 0 Å². The molecule has 0 aromatic heterocycles. The highest BCUT2D eigenvalue weighted by atomic mass is 79.9. The third-order valence-corrected chi connectivity index (χ3v) is 8.72. The van der Waals surface area contributed by atoms with Crippen molar-refractivity contribution in [3.63, 3.8) is 0 Å². The first-order chi connectivity index (χ1) is 20.2. The summed E-state index contributed by atoms with van der Waals surface area (Å²) in [5.41, 5.74) is 12.9. The number of nitrogens with zero attached hydrogens (tertiary/aromatic N) is 1. The van der Waals surface area contributed by atoms with Crippen LogP contribution in [0.15, 0.2) is 138 Å².